The van der Waals surface area contributed by atoms with Gasteiger partial charge in [0.15, 0.2) is 0 Å². The molecule has 0 radical (unpaired) electrons. The van der Waals surface area contributed by atoms with E-state index in [1.807, 2.05) is 4.98 Å². The molecule has 2 N–H and O–H groups in total. The molecule has 1 aromatic rings. The molecular weight excluding hydrogens is 166 g/mol. The molecule has 56 valence electrons. The molecule has 0 aliphatic rings. The van der Waals surface area contributed by atoms with Gasteiger partial charge in [0.05, 0.1) is 0 Å². The SMILES string of the molecule is N#CSc1c[nH]c(=O)[nH]c1=O. The van der Waals surface area contributed by atoms with Crippen molar-refractivity contribution in [1.82, 2.24) is 9.97 Å². The second-order valence-corrected chi connectivity index (χ2v) is 2.46. The molecule has 0 fully saturated rings. The summed E-state index contributed by atoms with van der Waals surface area (Å²) in [7, 11) is 0. The molecule has 0 unspecified atom stereocenters. The van der Waals surface area contributed by atoms with Crippen LogP contribution in [-0.2, 0) is 0 Å². The van der Waals surface area contributed by atoms with Gasteiger partial charge in [0.1, 0.15) is 10.3 Å². The van der Waals surface area contributed by atoms with E-state index in [2.05, 4.69) is 4.98 Å². The molecule has 0 aliphatic carbocycles. The van der Waals surface area contributed by atoms with Gasteiger partial charge in [-0.25, -0.2) is 4.79 Å². The molecule has 1 rings (SSSR count). The number of aromatic amines is 2. The first-order valence-electron chi connectivity index (χ1n) is 2.62. The van der Waals surface area contributed by atoms with Crippen LogP contribution in [0.3, 0.4) is 0 Å². The van der Waals surface area contributed by atoms with Crippen molar-refractivity contribution in [1.29, 1.82) is 5.26 Å². The van der Waals surface area contributed by atoms with E-state index in [0.29, 0.717) is 11.8 Å². The van der Waals surface area contributed by atoms with Gasteiger partial charge in [-0.2, -0.15) is 5.26 Å². The number of aromatic nitrogens is 2. The molecule has 0 aromatic carbocycles. The zero-order valence-electron chi connectivity index (χ0n) is 5.25. The second kappa shape index (κ2) is 3.07. The van der Waals surface area contributed by atoms with Crippen LogP contribution in [-0.4, -0.2) is 9.97 Å². The number of rotatable bonds is 1. The molecule has 0 amide bonds. The van der Waals surface area contributed by atoms with Crippen LogP contribution < -0.4 is 11.2 Å². The lowest BCUT2D eigenvalue weighted by molar-refractivity contribution is 0.978. The Hall–Kier alpha value is -1.48. The third kappa shape index (κ3) is 1.72. The first kappa shape index (κ1) is 7.63. The van der Waals surface area contributed by atoms with Crippen LogP contribution in [0.2, 0.25) is 0 Å². The Labute approximate surface area is 65.1 Å². The fourth-order valence-electron chi connectivity index (χ4n) is 0.522. The van der Waals surface area contributed by atoms with Crippen LogP contribution in [0, 0.1) is 10.7 Å². The van der Waals surface area contributed by atoms with Crippen molar-refractivity contribution in [2.24, 2.45) is 0 Å². The van der Waals surface area contributed by atoms with Crippen molar-refractivity contribution in [3.05, 3.63) is 27.0 Å². The van der Waals surface area contributed by atoms with Gasteiger partial charge in [0, 0.05) is 6.20 Å². The van der Waals surface area contributed by atoms with Crippen molar-refractivity contribution in [3.63, 3.8) is 0 Å². The maximum atomic E-state index is 10.8. The van der Waals surface area contributed by atoms with Crippen molar-refractivity contribution in [2.75, 3.05) is 0 Å². The van der Waals surface area contributed by atoms with Crippen molar-refractivity contribution in [2.45, 2.75) is 4.90 Å². The minimum absolute atomic E-state index is 0.187. The Morgan fingerprint density at radius 2 is 2.27 bits per heavy atom. The Bertz CT molecular complexity index is 399. The van der Waals surface area contributed by atoms with Crippen LogP contribution in [0.25, 0.3) is 0 Å². The smallest absolute Gasteiger partial charge is 0.313 e. The molecule has 5 nitrogen and oxygen atoms in total. The number of hydrogen-bond acceptors (Lipinski definition) is 4. The van der Waals surface area contributed by atoms with Gasteiger partial charge < -0.3 is 4.98 Å². The largest absolute Gasteiger partial charge is 0.325 e. The van der Waals surface area contributed by atoms with Gasteiger partial charge in [-0.15, -0.1) is 0 Å². The predicted molar refractivity (Wildman–Crippen MR) is 39.2 cm³/mol. The Morgan fingerprint density at radius 1 is 1.55 bits per heavy atom. The van der Waals surface area contributed by atoms with Gasteiger partial charge in [0.25, 0.3) is 5.56 Å². The second-order valence-electron chi connectivity index (χ2n) is 1.63. The van der Waals surface area contributed by atoms with E-state index in [1.165, 1.54) is 6.20 Å². The topological polar surface area (TPSA) is 89.5 Å². The Balaban J connectivity index is 3.23. The number of thiocyanates is 1. The number of nitriles is 1. The van der Waals surface area contributed by atoms with Gasteiger partial charge in [-0.1, -0.05) is 0 Å². The van der Waals surface area contributed by atoms with E-state index in [0.717, 1.165) is 0 Å². The highest BCUT2D eigenvalue weighted by Crippen LogP contribution is 2.06. The maximum Gasteiger partial charge on any atom is 0.325 e. The van der Waals surface area contributed by atoms with Gasteiger partial charge in [0.2, 0.25) is 0 Å². The molecule has 0 aliphatic heterocycles. The number of hydrogen-bond donors (Lipinski definition) is 2. The van der Waals surface area contributed by atoms with Crippen LogP contribution >= 0.6 is 11.8 Å². The van der Waals surface area contributed by atoms with Crippen molar-refractivity contribution < 1.29 is 0 Å². The fraction of sp³-hybridized carbons (Fsp3) is 0. The highest BCUT2D eigenvalue weighted by Gasteiger charge is 1.98. The van der Waals surface area contributed by atoms with Gasteiger partial charge in [-0.3, -0.25) is 9.78 Å². The highest BCUT2D eigenvalue weighted by molar-refractivity contribution is 8.03. The molecule has 0 saturated carbocycles. The Morgan fingerprint density at radius 3 is 2.82 bits per heavy atom. The third-order valence-electron chi connectivity index (χ3n) is 0.941. The predicted octanol–water partition coefficient (Wildman–Crippen LogP) is -0.364. The van der Waals surface area contributed by atoms with Crippen LogP contribution in [0.5, 0.6) is 0 Å². The normalized spacial score (nSPS) is 9.00. The van der Waals surface area contributed by atoms with Crippen LogP contribution in [0.15, 0.2) is 20.7 Å². The molecule has 11 heavy (non-hydrogen) atoms. The molecule has 0 spiro atoms. The molecule has 6 heteroatoms. The molecule has 1 heterocycles. The van der Waals surface area contributed by atoms with E-state index >= 15 is 0 Å². The van der Waals surface area contributed by atoms with Crippen LogP contribution in [0.4, 0.5) is 0 Å². The Kier molecular flexibility index (Phi) is 2.13. The highest BCUT2D eigenvalue weighted by atomic mass is 32.2. The quantitative estimate of drug-likeness (QED) is 0.443. The number of nitrogens with one attached hydrogen (secondary N) is 2. The summed E-state index contributed by atoms with van der Waals surface area (Å²) in [4.78, 5) is 25.6. The third-order valence-corrected chi connectivity index (χ3v) is 1.56. The first-order chi connectivity index (χ1) is 5.24. The molecule has 0 atom stereocenters. The lowest BCUT2D eigenvalue weighted by Gasteiger charge is -1.87. The zero-order valence-corrected chi connectivity index (χ0v) is 6.07. The summed E-state index contributed by atoms with van der Waals surface area (Å²) in [5.41, 5.74) is -1.11. The van der Waals surface area contributed by atoms with Crippen molar-refractivity contribution >= 4 is 11.8 Å². The number of thioether (sulfide) groups is 1. The summed E-state index contributed by atoms with van der Waals surface area (Å²) in [5, 5.41) is 9.90. The average Bonchev–Trinajstić information content (AvgIpc) is 1.95. The van der Waals surface area contributed by atoms with E-state index < -0.39 is 11.2 Å². The summed E-state index contributed by atoms with van der Waals surface area (Å²) >= 11 is 0.702. The van der Waals surface area contributed by atoms with Crippen molar-refractivity contribution in [3.8, 4) is 5.40 Å². The van der Waals surface area contributed by atoms with Gasteiger partial charge >= 0.3 is 5.69 Å². The van der Waals surface area contributed by atoms with Crippen LogP contribution in [0.1, 0.15) is 0 Å². The summed E-state index contributed by atoms with van der Waals surface area (Å²) in [5.74, 6) is 0. The lowest BCUT2D eigenvalue weighted by Crippen LogP contribution is -2.22. The first-order valence-corrected chi connectivity index (χ1v) is 3.43. The van der Waals surface area contributed by atoms with Gasteiger partial charge in [-0.05, 0) is 11.8 Å². The summed E-state index contributed by atoms with van der Waals surface area (Å²) in [6.07, 6.45) is 1.20. The summed E-state index contributed by atoms with van der Waals surface area (Å²) in [6.45, 7) is 0. The zero-order chi connectivity index (χ0) is 8.27. The summed E-state index contributed by atoms with van der Waals surface area (Å²) < 4.78 is 0. The standard InChI is InChI=1S/C5H3N3O2S/c6-2-11-3-1-7-5(10)8-4(3)9/h1H,(H2,7,8,9,10). The van der Waals surface area contributed by atoms with E-state index in [1.54, 1.807) is 5.40 Å². The lowest BCUT2D eigenvalue weighted by atomic mass is 10.7. The number of H-pyrrole nitrogens is 2. The molecule has 0 saturated heterocycles. The maximum absolute atomic E-state index is 10.8. The van der Waals surface area contributed by atoms with E-state index in [9.17, 15) is 9.59 Å². The minimum atomic E-state index is -0.572. The average molecular weight is 169 g/mol. The fourth-order valence-corrected chi connectivity index (χ4v) is 0.882. The monoisotopic (exact) mass is 169 g/mol. The summed E-state index contributed by atoms with van der Waals surface area (Å²) in [6, 6.07) is 0. The molecular formula is C5H3N3O2S. The number of nitrogens with zero attached hydrogens (tertiary/aromatic N) is 1. The minimum Gasteiger partial charge on any atom is -0.313 e. The van der Waals surface area contributed by atoms with E-state index in [-0.39, 0.29) is 4.90 Å². The molecule has 1 aromatic heterocycles. The molecule has 0 bridgehead atoms. The van der Waals surface area contributed by atoms with E-state index in [4.69, 9.17) is 5.26 Å².